The molecule has 0 aliphatic rings. The van der Waals surface area contributed by atoms with Crippen molar-refractivity contribution in [3.8, 4) is 0 Å². The van der Waals surface area contributed by atoms with Crippen molar-refractivity contribution >= 4 is 0 Å². The Morgan fingerprint density at radius 1 is 1.53 bits per heavy atom. The number of methoxy groups -OCH3 is 1. The predicted octanol–water partition coefficient (Wildman–Crippen LogP) is 2.23. The highest BCUT2D eigenvalue weighted by molar-refractivity contribution is 4.98. The van der Waals surface area contributed by atoms with E-state index in [1.165, 1.54) is 0 Å². The molecule has 0 saturated heterocycles. The maximum absolute atomic E-state index is 5.30. The first-order valence-electron chi connectivity index (χ1n) is 5.61. The SMILES string of the molecule is CCCNC(CCc1ccco1)COC. The third-order valence-corrected chi connectivity index (χ3v) is 2.37. The Labute approximate surface area is 91.8 Å². The summed E-state index contributed by atoms with van der Waals surface area (Å²) in [6.45, 7) is 3.98. The van der Waals surface area contributed by atoms with Crippen molar-refractivity contribution < 1.29 is 9.15 Å². The number of furan rings is 1. The van der Waals surface area contributed by atoms with E-state index < -0.39 is 0 Å². The maximum Gasteiger partial charge on any atom is 0.103 e. The average Bonchev–Trinajstić information content (AvgIpc) is 2.75. The van der Waals surface area contributed by atoms with Gasteiger partial charge in [-0.3, -0.25) is 0 Å². The van der Waals surface area contributed by atoms with E-state index in [0.717, 1.165) is 38.2 Å². The molecule has 1 unspecified atom stereocenters. The van der Waals surface area contributed by atoms with Crippen molar-refractivity contribution in [3.63, 3.8) is 0 Å². The number of hydrogen-bond acceptors (Lipinski definition) is 3. The van der Waals surface area contributed by atoms with E-state index in [4.69, 9.17) is 9.15 Å². The van der Waals surface area contributed by atoms with Gasteiger partial charge in [0.25, 0.3) is 0 Å². The summed E-state index contributed by atoms with van der Waals surface area (Å²) in [5.41, 5.74) is 0. The van der Waals surface area contributed by atoms with Crippen LogP contribution in [0.2, 0.25) is 0 Å². The standard InChI is InChI=1S/C12H21NO2/c1-3-8-13-11(10-14-2)6-7-12-5-4-9-15-12/h4-5,9,11,13H,3,6-8,10H2,1-2H3. The van der Waals surface area contributed by atoms with Gasteiger partial charge >= 0.3 is 0 Å². The van der Waals surface area contributed by atoms with E-state index >= 15 is 0 Å². The molecule has 0 amide bonds. The van der Waals surface area contributed by atoms with Gasteiger partial charge in [0.05, 0.1) is 12.9 Å². The highest BCUT2D eigenvalue weighted by Gasteiger charge is 2.08. The smallest absolute Gasteiger partial charge is 0.103 e. The molecule has 1 aromatic rings. The van der Waals surface area contributed by atoms with E-state index in [1.807, 2.05) is 12.1 Å². The molecule has 1 heterocycles. The molecule has 0 aromatic carbocycles. The maximum atomic E-state index is 5.30. The molecule has 0 saturated carbocycles. The van der Waals surface area contributed by atoms with Crippen LogP contribution in [0.25, 0.3) is 0 Å². The molecule has 1 rings (SSSR count). The molecule has 1 atom stereocenters. The third-order valence-electron chi connectivity index (χ3n) is 2.37. The van der Waals surface area contributed by atoms with Crippen LogP contribution in [0.4, 0.5) is 0 Å². The molecule has 15 heavy (non-hydrogen) atoms. The van der Waals surface area contributed by atoms with Gasteiger partial charge in [0.1, 0.15) is 5.76 Å². The van der Waals surface area contributed by atoms with Crippen molar-refractivity contribution in [3.05, 3.63) is 24.2 Å². The van der Waals surface area contributed by atoms with Crippen molar-refractivity contribution in [1.82, 2.24) is 5.32 Å². The van der Waals surface area contributed by atoms with Crippen molar-refractivity contribution in [2.75, 3.05) is 20.3 Å². The summed E-state index contributed by atoms with van der Waals surface area (Å²) < 4.78 is 10.5. The zero-order chi connectivity index (χ0) is 10.9. The molecule has 1 aromatic heterocycles. The quantitative estimate of drug-likeness (QED) is 0.716. The monoisotopic (exact) mass is 211 g/mol. The molecule has 1 N–H and O–H groups in total. The minimum atomic E-state index is 0.431. The van der Waals surface area contributed by atoms with E-state index in [2.05, 4.69) is 12.2 Å². The zero-order valence-electron chi connectivity index (χ0n) is 9.66. The molecule has 0 radical (unpaired) electrons. The summed E-state index contributed by atoms with van der Waals surface area (Å²) in [6.07, 6.45) is 4.90. The summed E-state index contributed by atoms with van der Waals surface area (Å²) in [5, 5.41) is 3.47. The Bertz CT molecular complexity index is 234. The van der Waals surface area contributed by atoms with Gasteiger partial charge in [-0.2, -0.15) is 0 Å². The molecule has 3 nitrogen and oxygen atoms in total. The summed E-state index contributed by atoms with van der Waals surface area (Å²) >= 11 is 0. The molecule has 0 aliphatic heterocycles. The van der Waals surface area contributed by atoms with E-state index in [9.17, 15) is 0 Å². The first-order chi connectivity index (χ1) is 7.36. The van der Waals surface area contributed by atoms with Gasteiger partial charge in [-0.15, -0.1) is 0 Å². The molecular weight excluding hydrogens is 190 g/mol. The third kappa shape index (κ3) is 5.00. The first kappa shape index (κ1) is 12.3. The lowest BCUT2D eigenvalue weighted by Gasteiger charge is -2.16. The van der Waals surface area contributed by atoms with Crippen LogP contribution in [0.1, 0.15) is 25.5 Å². The fourth-order valence-corrected chi connectivity index (χ4v) is 1.57. The zero-order valence-corrected chi connectivity index (χ0v) is 9.66. The molecule has 0 spiro atoms. The van der Waals surface area contributed by atoms with E-state index in [0.29, 0.717) is 6.04 Å². The normalized spacial score (nSPS) is 12.9. The lowest BCUT2D eigenvalue weighted by molar-refractivity contribution is 0.162. The molecule has 86 valence electrons. The molecule has 0 aliphatic carbocycles. The molecular formula is C12H21NO2. The van der Waals surface area contributed by atoms with Gasteiger partial charge in [-0.05, 0) is 31.5 Å². The number of nitrogens with one attached hydrogen (secondary N) is 1. The second-order valence-electron chi connectivity index (χ2n) is 3.72. The van der Waals surface area contributed by atoms with Gasteiger partial charge in [0.2, 0.25) is 0 Å². The lowest BCUT2D eigenvalue weighted by Crippen LogP contribution is -2.34. The first-order valence-corrected chi connectivity index (χ1v) is 5.61. The summed E-state index contributed by atoms with van der Waals surface area (Å²) in [4.78, 5) is 0. The van der Waals surface area contributed by atoms with E-state index in [1.54, 1.807) is 13.4 Å². The van der Waals surface area contributed by atoms with Crippen LogP contribution in [-0.2, 0) is 11.2 Å². The minimum Gasteiger partial charge on any atom is -0.469 e. The van der Waals surface area contributed by atoms with Crippen molar-refractivity contribution in [2.45, 2.75) is 32.2 Å². The Morgan fingerprint density at radius 3 is 3.00 bits per heavy atom. The summed E-state index contributed by atoms with van der Waals surface area (Å²) in [7, 11) is 1.74. The average molecular weight is 211 g/mol. The lowest BCUT2D eigenvalue weighted by atomic mass is 10.1. The topological polar surface area (TPSA) is 34.4 Å². The number of hydrogen-bond donors (Lipinski definition) is 1. The van der Waals surface area contributed by atoms with Gasteiger partial charge in [-0.1, -0.05) is 6.92 Å². The van der Waals surface area contributed by atoms with Crippen LogP contribution >= 0.6 is 0 Å². The van der Waals surface area contributed by atoms with Crippen molar-refractivity contribution in [1.29, 1.82) is 0 Å². The fourth-order valence-electron chi connectivity index (χ4n) is 1.57. The van der Waals surface area contributed by atoms with Gasteiger partial charge in [0, 0.05) is 19.6 Å². The van der Waals surface area contributed by atoms with Crippen LogP contribution in [0, 0.1) is 0 Å². The number of ether oxygens (including phenoxy) is 1. The largest absolute Gasteiger partial charge is 0.469 e. The second-order valence-corrected chi connectivity index (χ2v) is 3.72. The Balaban J connectivity index is 2.24. The second kappa shape index (κ2) is 7.49. The Kier molecular flexibility index (Phi) is 6.12. The Hall–Kier alpha value is -0.800. The number of aryl methyl sites for hydroxylation is 1. The summed E-state index contributed by atoms with van der Waals surface area (Å²) in [6, 6.07) is 4.38. The number of rotatable bonds is 8. The van der Waals surface area contributed by atoms with Crippen LogP contribution in [0.15, 0.2) is 22.8 Å². The minimum absolute atomic E-state index is 0.431. The van der Waals surface area contributed by atoms with Gasteiger partial charge in [-0.25, -0.2) is 0 Å². The fraction of sp³-hybridized carbons (Fsp3) is 0.667. The van der Waals surface area contributed by atoms with Crippen LogP contribution in [0.3, 0.4) is 0 Å². The molecule has 0 fully saturated rings. The highest BCUT2D eigenvalue weighted by atomic mass is 16.5. The van der Waals surface area contributed by atoms with Crippen molar-refractivity contribution in [2.24, 2.45) is 0 Å². The van der Waals surface area contributed by atoms with Crippen LogP contribution < -0.4 is 5.32 Å². The predicted molar refractivity (Wildman–Crippen MR) is 61.0 cm³/mol. The van der Waals surface area contributed by atoms with Crippen LogP contribution in [-0.4, -0.2) is 26.3 Å². The molecule has 0 bridgehead atoms. The van der Waals surface area contributed by atoms with Gasteiger partial charge < -0.3 is 14.5 Å². The summed E-state index contributed by atoms with van der Waals surface area (Å²) in [5.74, 6) is 1.05. The molecule has 3 heteroatoms. The van der Waals surface area contributed by atoms with E-state index in [-0.39, 0.29) is 0 Å². The Morgan fingerprint density at radius 2 is 2.40 bits per heavy atom. The van der Waals surface area contributed by atoms with Crippen LogP contribution in [0.5, 0.6) is 0 Å². The van der Waals surface area contributed by atoms with Gasteiger partial charge in [0.15, 0.2) is 0 Å². The highest BCUT2D eigenvalue weighted by Crippen LogP contribution is 2.06.